The van der Waals surface area contributed by atoms with E-state index in [1.165, 1.54) is 15.9 Å². The van der Waals surface area contributed by atoms with E-state index in [0.717, 1.165) is 5.56 Å². The molecule has 0 aliphatic carbocycles. The normalized spacial score (nSPS) is 10.5. The van der Waals surface area contributed by atoms with Crippen LogP contribution in [0.1, 0.15) is 5.56 Å². The maximum Gasteiger partial charge on any atom is 0.276 e. The molecule has 0 aliphatic rings. The first-order valence-corrected chi connectivity index (χ1v) is 11.5. The van der Waals surface area contributed by atoms with Crippen molar-refractivity contribution < 1.29 is 27.4 Å². The highest BCUT2D eigenvalue weighted by Crippen LogP contribution is 2.58. The number of nitro benzene ring substituents is 1. The van der Waals surface area contributed by atoms with Crippen molar-refractivity contribution in [2.75, 3.05) is 0 Å². The SMILES string of the molecule is O.O=[N+]([O-])c1ccccc1C[P+](c1ccccc1)(c1ccccc1)c1ccccc1.[Br-]. The fourth-order valence-electron chi connectivity index (χ4n) is 3.85. The summed E-state index contributed by atoms with van der Waals surface area (Å²) in [5.41, 5.74) is 0.946. The second-order valence-corrected chi connectivity index (χ2v) is 10.3. The predicted octanol–water partition coefficient (Wildman–Crippen LogP) is 1.27. The summed E-state index contributed by atoms with van der Waals surface area (Å²) < 4.78 is 0. The van der Waals surface area contributed by atoms with Crippen molar-refractivity contribution in [2.24, 2.45) is 0 Å². The summed E-state index contributed by atoms with van der Waals surface area (Å²) in [6.45, 7) is 0. The van der Waals surface area contributed by atoms with Crippen LogP contribution in [-0.2, 0) is 6.16 Å². The molecule has 0 fully saturated rings. The molecule has 0 spiro atoms. The lowest BCUT2D eigenvalue weighted by molar-refractivity contribution is -0.385. The van der Waals surface area contributed by atoms with Gasteiger partial charge in [-0.25, -0.2) is 0 Å². The number of halogens is 1. The van der Waals surface area contributed by atoms with E-state index in [0.29, 0.717) is 6.16 Å². The standard InChI is InChI=1S/C25H21NO2P.BrH.H2O/c27-26(28)25-19-11-10-12-21(25)20-29(22-13-4-1-5-14-22,23-15-6-2-7-16-23)24-17-8-3-9-18-24;;/h1-19H,20H2;1H;1H2/q+1;;/p-1. The van der Waals surface area contributed by atoms with Gasteiger partial charge in [0.15, 0.2) is 0 Å². The molecule has 0 saturated heterocycles. The summed E-state index contributed by atoms with van der Waals surface area (Å²) in [6, 6.07) is 38.4. The number of hydrogen-bond donors (Lipinski definition) is 0. The molecule has 0 aliphatic heterocycles. The van der Waals surface area contributed by atoms with Crippen LogP contribution in [0.25, 0.3) is 0 Å². The molecule has 4 aromatic carbocycles. The monoisotopic (exact) mass is 495 g/mol. The van der Waals surface area contributed by atoms with Gasteiger partial charge in [0, 0.05) is 6.07 Å². The molecule has 31 heavy (non-hydrogen) atoms. The van der Waals surface area contributed by atoms with Gasteiger partial charge in [-0.05, 0) is 42.5 Å². The molecule has 0 atom stereocenters. The van der Waals surface area contributed by atoms with E-state index < -0.39 is 7.26 Å². The molecule has 0 saturated carbocycles. The van der Waals surface area contributed by atoms with Crippen LogP contribution >= 0.6 is 7.26 Å². The van der Waals surface area contributed by atoms with E-state index in [-0.39, 0.29) is 33.1 Å². The molecule has 0 unspecified atom stereocenters. The first kappa shape index (κ1) is 24.4. The topological polar surface area (TPSA) is 74.6 Å². The third-order valence-corrected chi connectivity index (χ3v) is 9.54. The van der Waals surface area contributed by atoms with Crippen LogP contribution in [0, 0.1) is 10.1 Å². The van der Waals surface area contributed by atoms with Crippen LogP contribution in [0.5, 0.6) is 0 Å². The molecule has 0 radical (unpaired) electrons. The van der Waals surface area contributed by atoms with Gasteiger partial charge in [0.25, 0.3) is 5.69 Å². The maximum absolute atomic E-state index is 11.7. The van der Waals surface area contributed by atoms with Crippen LogP contribution in [0.3, 0.4) is 0 Å². The minimum Gasteiger partial charge on any atom is -1.00 e. The van der Waals surface area contributed by atoms with Crippen molar-refractivity contribution in [1.82, 2.24) is 0 Å². The number of para-hydroxylation sites is 1. The summed E-state index contributed by atoms with van der Waals surface area (Å²) in [5.74, 6) is 0. The predicted molar refractivity (Wildman–Crippen MR) is 126 cm³/mol. The fraction of sp³-hybridized carbons (Fsp3) is 0.0400. The zero-order chi connectivity index (χ0) is 20.1. The van der Waals surface area contributed by atoms with Crippen LogP contribution in [0.4, 0.5) is 5.69 Å². The van der Waals surface area contributed by atoms with Crippen molar-refractivity contribution >= 4 is 28.9 Å². The molecule has 0 heterocycles. The van der Waals surface area contributed by atoms with Gasteiger partial charge < -0.3 is 22.5 Å². The molecule has 0 aromatic heterocycles. The summed E-state index contributed by atoms with van der Waals surface area (Å²) in [6.07, 6.45) is 0.599. The maximum atomic E-state index is 11.7. The van der Waals surface area contributed by atoms with Crippen molar-refractivity contribution in [1.29, 1.82) is 0 Å². The van der Waals surface area contributed by atoms with Crippen LogP contribution < -0.4 is 32.9 Å². The van der Waals surface area contributed by atoms with Gasteiger partial charge in [-0.3, -0.25) is 10.1 Å². The van der Waals surface area contributed by atoms with Gasteiger partial charge in [-0.2, -0.15) is 0 Å². The average molecular weight is 496 g/mol. The second kappa shape index (κ2) is 11.0. The lowest BCUT2D eigenvalue weighted by Gasteiger charge is -2.27. The Morgan fingerprint density at radius 3 is 1.35 bits per heavy atom. The van der Waals surface area contributed by atoms with E-state index >= 15 is 0 Å². The Balaban J connectivity index is 0.00000171. The number of nitro groups is 1. The molecular weight excluding hydrogens is 473 g/mol. The van der Waals surface area contributed by atoms with Gasteiger partial charge in [-0.1, -0.05) is 66.7 Å². The zero-order valence-electron chi connectivity index (χ0n) is 16.8. The third kappa shape index (κ3) is 4.91. The largest absolute Gasteiger partial charge is 1.00 e. The number of benzene rings is 4. The Labute approximate surface area is 193 Å². The molecule has 4 rings (SSSR count). The van der Waals surface area contributed by atoms with E-state index in [1.807, 2.05) is 30.3 Å². The highest BCUT2D eigenvalue weighted by Gasteiger charge is 2.46. The summed E-state index contributed by atoms with van der Waals surface area (Å²) in [5, 5.41) is 15.4. The Bertz CT molecular complexity index is 1010. The first-order chi connectivity index (χ1) is 14.2. The summed E-state index contributed by atoms with van der Waals surface area (Å²) in [4.78, 5) is 11.5. The average Bonchev–Trinajstić information content (AvgIpc) is 2.79. The molecule has 158 valence electrons. The summed E-state index contributed by atoms with van der Waals surface area (Å²) >= 11 is 0. The van der Waals surface area contributed by atoms with Gasteiger partial charge in [-0.15, -0.1) is 0 Å². The number of nitrogens with zero attached hydrogens (tertiary/aromatic N) is 1. The van der Waals surface area contributed by atoms with E-state index in [9.17, 15) is 10.1 Å². The Kier molecular flexibility index (Phi) is 8.64. The molecule has 0 amide bonds. The van der Waals surface area contributed by atoms with Crippen LogP contribution in [0.15, 0.2) is 115 Å². The first-order valence-electron chi connectivity index (χ1n) is 9.49. The van der Waals surface area contributed by atoms with Crippen LogP contribution in [0.2, 0.25) is 0 Å². The van der Waals surface area contributed by atoms with E-state index in [4.69, 9.17) is 0 Å². The molecule has 0 bridgehead atoms. The Morgan fingerprint density at radius 2 is 0.968 bits per heavy atom. The van der Waals surface area contributed by atoms with Gasteiger partial charge in [0.1, 0.15) is 29.3 Å². The Hall–Kier alpha value is -2.85. The highest BCUT2D eigenvalue weighted by atomic mass is 79.9. The van der Waals surface area contributed by atoms with Gasteiger partial charge >= 0.3 is 0 Å². The van der Waals surface area contributed by atoms with Crippen molar-refractivity contribution in [3.8, 4) is 0 Å². The Morgan fingerprint density at radius 1 is 0.613 bits per heavy atom. The quantitative estimate of drug-likeness (QED) is 0.229. The summed E-state index contributed by atoms with van der Waals surface area (Å²) in [7, 11) is -2.15. The molecule has 4 nitrogen and oxygen atoms in total. The second-order valence-electron chi connectivity index (χ2n) is 6.86. The lowest BCUT2D eigenvalue weighted by atomic mass is 10.2. The smallest absolute Gasteiger partial charge is 0.276 e. The van der Waals surface area contributed by atoms with E-state index in [1.54, 1.807) is 12.1 Å². The van der Waals surface area contributed by atoms with Gasteiger partial charge in [0.05, 0.1) is 10.5 Å². The minimum absolute atomic E-state index is 0. The lowest BCUT2D eigenvalue weighted by Crippen LogP contribution is -3.00. The molecule has 4 aromatic rings. The van der Waals surface area contributed by atoms with Crippen molar-refractivity contribution in [2.45, 2.75) is 6.16 Å². The molecule has 2 N–H and O–H groups in total. The van der Waals surface area contributed by atoms with Crippen LogP contribution in [-0.4, -0.2) is 10.4 Å². The number of hydrogen-bond acceptors (Lipinski definition) is 2. The van der Waals surface area contributed by atoms with Crippen molar-refractivity contribution in [3.05, 3.63) is 131 Å². The van der Waals surface area contributed by atoms with Gasteiger partial charge in [0.2, 0.25) is 0 Å². The molecular formula is C25H23BrNO3P. The minimum atomic E-state index is -2.15. The number of rotatable bonds is 6. The zero-order valence-corrected chi connectivity index (χ0v) is 19.2. The third-order valence-electron chi connectivity index (χ3n) is 5.19. The van der Waals surface area contributed by atoms with Crippen molar-refractivity contribution in [3.63, 3.8) is 0 Å². The molecule has 6 heteroatoms. The highest BCUT2D eigenvalue weighted by molar-refractivity contribution is 7.95. The van der Waals surface area contributed by atoms with E-state index in [2.05, 4.69) is 72.8 Å². The fourth-order valence-corrected chi connectivity index (χ4v) is 8.11.